The van der Waals surface area contributed by atoms with Gasteiger partial charge in [-0.15, -0.1) is 0 Å². The quantitative estimate of drug-likeness (QED) is 0.681. The van der Waals surface area contributed by atoms with E-state index < -0.39 is 0 Å². The zero-order valence-electron chi connectivity index (χ0n) is 12.4. The summed E-state index contributed by atoms with van der Waals surface area (Å²) in [5.41, 5.74) is 2.48. The smallest absolute Gasteiger partial charge is 0.118 e. The third kappa shape index (κ3) is 3.57. The summed E-state index contributed by atoms with van der Waals surface area (Å²) in [6.45, 7) is 0.824. The van der Waals surface area contributed by atoms with Crippen LogP contribution in [0, 0.1) is 0 Å². The van der Waals surface area contributed by atoms with E-state index in [-0.39, 0.29) is 0 Å². The lowest BCUT2D eigenvalue weighted by Gasteiger charge is -2.09. The van der Waals surface area contributed by atoms with Crippen molar-refractivity contribution in [2.45, 2.75) is 13.0 Å². The molecular formula is C18H17BrN2O. The molecule has 0 unspecified atom stereocenters. The van der Waals surface area contributed by atoms with Gasteiger partial charge in [-0.1, -0.05) is 40.2 Å². The van der Waals surface area contributed by atoms with Gasteiger partial charge in [0, 0.05) is 29.8 Å². The average Bonchev–Trinajstić information content (AvgIpc) is 2.95. The maximum absolute atomic E-state index is 5.19. The molecule has 4 heteroatoms. The van der Waals surface area contributed by atoms with E-state index in [0.29, 0.717) is 0 Å². The van der Waals surface area contributed by atoms with Gasteiger partial charge in [-0.3, -0.25) is 0 Å². The number of ether oxygens (including phenoxy) is 1. The molecule has 0 fully saturated rings. The van der Waals surface area contributed by atoms with Crippen molar-refractivity contribution in [3.05, 3.63) is 82.3 Å². The zero-order valence-corrected chi connectivity index (χ0v) is 14.0. The summed E-state index contributed by atoms with van der Waals surface area (Å²) in [5, 5.41) is 0. The molecule has 112 valence electrons. The number of imidazole rings is 1. The first-order chi connectivity index (χ1) is 10.7. The fourth-order valence-corrected chi connectivity index (χ4v) is 2.86. The van der Waals surface area contributed by atoms with Crippen LogP contribution in [0.5, 0.6) is 5.75 Å². The highest BCUT2D eigenvalue weighted by Crippen LogP contribution is 2.16. The Morgan fingerprint density at radius 2 is 1.91 bits per heavy atom. The number of methoxy groups -OCH3 is 1. The zero-order chi connectivity index (χ0) is 15.4. The number of rotatable bonds is 5. The third-order valence-corrected chi connectivity index (χ3v) is 4.06. The minimum Gasteiger partial charge on any atom is -0.497 e. The lowest BCUT2D eigenvalue weighted by atomic mass is 10.1. The summed E-state index contributed by atoms with van der Waals surface area (Å²) in [4.78, 5) is 4.49. The molecule has 0 aliphatic rings. The van der Waals surface area contributed by atoms with Crippen molar-refractivity contribution >= 4 is 15.9 Å². The van der Waals surface area contributed by atoms with E-state index >= 15 is 0 Å². The minimum absolute atomic E-state index is 0.811. The Morgan fingerprint density at radius 3 is 2.64 bits per heavy atom. The van der Waals surface area contributed by atoms with Gasteiger partial charge in [0.05, 0.1) is 7.11 Å². The second-order valence-electron chi connectivity index (χ2n) is 5.13. The second-order valence-corrected chi connectivity index (χ2v) is 6.04. The highest BCUT2D eigenvalue weighted by molar-refractivity contribution is 9.10. The molecule has 0 amide bonds. The molecule has 3 rings (SSSR count). The first kappa shape index (κ1) is 14.9. The Kier molecular flexibility index (Phi) is 4.59. The maximum atomic E-state index is 5.19. The molecule has 0 atom stereocenters. The molecule has 0 saturated carbocycles. The normalized spacial score (nSPS) is 10.6. The van der Waals surface area contributed by atoms with E-state index in [0.717, 1.165) is 29.0 Å². The molecule has 3 aromatic rings. The van der Waals surface area contributed by atoms with Gasteiger partial charge >= 0.3 is 0 Å². The lowest BCUT2D eigenvalue weighted by Crippen LogP contribution is -2.05. The molecule has 0 spiro atoms. The van der Waals surface area contributed by atoms with Gasteiger partial charge in [-0.25, -0.2) is 4.98 Å². The predicted molar refractivity (Wildman–Crippen MR) is 91.3 cm³/mol. The molecule has 0 saturated heterocycles. The maximum Gasteiger partial charge on any atom is 0.118 e. The van der Waals surface area contributed by atoms with Crippen LogP contribution in [0.2, 0.25) is 0 Å². The topological polar surface area (TPSA) is 27.1 Å². The Balaban J connectivity index is 1.76. The molecule has 0 radical (unpaired) electrons. The molecule has 22 heavy (non-hydrogen) atoms. The van der Waals surface area contributed by atoms with Crippen LogP contribution in [0.3, 0.4) is 0 Å². The van der Waals surface area contributed by atoms with Crippen LogP contribution in [0.1, 0.15) is 17.0 Å². The summed E-state index contributed by atoms with van der Waals surface area (Å²) in [5.74, 6) is 1.94. The Labute approximate surface area is 138 Å². The van der Waals surface area contributed by atoms with Gasteiger partial charge in [0.2, 0.25) is 0 Å². The largest absolute Gasteiger partial charge is 0.497 e. The van der Waals surface area contributed by atoms with Gasteiger partial charge in [0.15, 0.2) is 0 Å². The number of halogens is 1. The Hall–Kier alpha value is -2.07. The summed E-state index contributed by atoms with van der Waals surface area (Å²) < 4.78 is 8.48. The van der Waals surface area contributed by atoms with Gasteiger partial charge in [0.25, 0.3) is 0 Å². The van der Waals surface area contributed by atoms with Crippen LogP contribution < -0.4 is 4.74 Å². The van der Waals surface area contributed by atoms with E-state index in [1.54, 1.807) is 7.11 Å². The van der Waals surface area contributed by atoms with Crippen molar-refractivity contribution in [3.63, 3.8) is 0 Å². The summed E-state index contributed by atoms with van der Waals surface area (Å²) in [6, 6.07) is 16.5. The molecule has 1 heterocycles. The van der Waals surface area contributed by atoms with E-state index in [4.69, 9.17) is 4.74 Å². The third-order valence-electron chi connectivity index (χ3n) is 3.56. The molecule has 3 nitrogen and oxygen atoms in total. The summed E-state index contributed by atoms with van der Waals surface area (Å²) >= 11 is 3.52. The van der Waals surface area contributed by atoms with Gasteiger partial charge in [0.1, 0.15) is 11.6 Å². The number of benzene rings is 2. The predicted octanol–water partition coefficient (Wildman–Crippen LogP) is 4.29. The second kappa shape index (κ2) is 6.79. The average molecular weight is 357 g/mol. The van der Waals surface area contributed by atoms with Crippen molar-refractivity contribution in [2.24, 2.45) is 0 Å². The first-order valence-electron chi connectivity index (χ1n) is 7.12. The summed E-state index contributed by atoms with van der Waals surface area (Å²) in [6.07, 6.45) is 4.70. The molecule has 0 aliphatic carbocycles. The van der Waals surface area contributed by atoms with Crippen LogP contribution in [-0.2, 0) is 13.0 Å². The monoisotopic (exact) mass is 356 g/mol. The van der Waals surface area contributed by atoms with E-state index in [2.05, 4.69) is 55.8 Å². The van der Waals surface area contributed by atoms with Gasteiger partial charge < -0.3 is 9.30 Å². The minimum atomic E-state index is 0.811. The van der Waals surface area contributed by atoms with E-state index in [1.807, 2.05) is 30.6 Å². The van der Waals surface area contributed by atoms with Crippen molar-refractivity contribution < 1.29 is 4.74 Å². The van der Waals surface area contributed by atoms with Crippen molar-refractivity contribution in [1.29, 1.82) is 0 Å². The highest BCUT2D eigenvalue weighted by Gasteiger charge is 2.05. The fraction of sp³-hybridized carbons (Fsp3) is 0.167. The molecule has 0 aliphatic heterocycles. The van der Waals surface area contributed by atoms with Gasteiger partial charge in [-0.05, 0) is 35.4 Å². The molecular weight excluding hydrogens is 340 g/mol. The Morgan fingerprint density at radius 1 is 1.09 bits per heavy atom. The highest BCUT2D eigenvalue weighted by atomic mass is 79.9. The number of aromatic nitrogens is 2. The van der Waals surface area contributed by atoms with E-state index in [9.17, 15) is 0 Å². The standard InChI is InChI=1S/C18H17BrN2O/c1-22-17-7-5-14(6-8-17)12-18-20-9-10-21(18)13-15-3-2-4-16(19)11-15/h2-11H,12-13H2,1H3. The number of hydrogen-bond donors (Lipinski definition) is 0. The lowest BCUT2D eigenvalue weighted by molar-refractivity contribution is 0.414. The van der Waals surface area contributed by atoms with Crippen LogP contribution >= 0.6 is 15.9 Å². The van der Waals surface area contributed by atoms with E-state index in [1.165, 1.54) is 11.1 Å². The van der Waals surface area contributed by atoms with Crippen LogP contribution in [0.4, 0.5) is 0 Å². The molecule has 2 aromatic carbocycles. The number of nitrogens with zero attached hydrogens (tertiary/aromatic N) is 2. The molecule has 0 N–H and O–H groups in total. The van der Waals surface area contributed by atoms with Crippen LogP contribution in [0.15, 0.2) is 65.4 Å². The van der Waals surface area contributed by atoms with Gasteiger partial charge in [-0.2, -0.15) is 0 Å². The SMILES string of the molecule is COc1ccc(Cc2nccn2Cc2cccc(Br)c2)cc1. The van der Waals surface area contributed by atoms with Crippen molar-refractivity contribution in [2.75, 3.05) is 7.11 Å². The van der Waals surface area contributed by atoms with Crippen molar-refractivity contribution in [1.82, 2.24) is 9.55 Å². The fourth-order valence-electron chi connectivity index (χ4n) is 2.41. The molecule has 0 bridgehead atoms. The first-order valence-corrected chi connectivity index (χ1v) is 7.91. The molecule has 1 aromatic heterocycles. The van der Waals surface area contributed by atoms with Crippen LogP contribution in [-0.4, -0.2) is 16.7 Å². The summed E-state index contributed by atoms with van der Waals surface area (Å²) in [7, 11) is 1.68. The van der Waals surface area contributed by atoms with Crippen molar-refractivity contribution in [3.8, 4) is 5.75 Å². The van der Waals surface area contributed by atoms with Crippen LogP contribution in [0.25, 0.3) is 0 Å². The number of hydrogen-bond acceptors (Lipinski definition) is 2. The Bertz CT molecular complexity index is 750.